The summed E-state index contributed by atoms with van der Waals surface area (Å²) in [5, 5.41) is 0. The number of ether oxygens (including phenoxy) is 2. The predicted molar refractivity (Wildman–Crippen MR) is 145 cm³/mol. The predicted octanol–water partition coefficient (Wildman–Crippen LogP) is 8.68. The van der Waals surface area contributed by atoms with E-state index in [1.54, 1.807) is 30.9 Å². The number of rotatable bonds is 7. The quantitative estimate of drug-likeness (QED) is 0.230. The van der Waals surface area contributed by atoms with Gasteiger partial charge in [0.15, 0.2) is 0 Å². The standard InChI is InChI=1S/C29H32F6N2O4S/c1-5-42-21-8-9-23-22(13-21)25(14-24(18-6-7-18)37(23)27(39)41-16(2)3)36(26(38)40-4)15-17-10-19(28(30,31)32)12-20(11-17)29(33,34)35/h8-13,16,18,24-25H,5-7,14-15H2,1-4H3/t24-,25-/m1/s1. The fourth-order valence-corrected chi connectivity index (χ4v) is 6.02. The molecule has 0 N–H and O–H groups in total. The van der Waals surface area contributed by atoms with Crippen LogP contribution in [0.2, 0.25) is 0 Å². The van der Waals surface area contributed by atoms with E-state index in [0.717, 1.165) is 35.5 Å². The number of amides is 2. The van der Waals surface area contributed by atoms with Crippen LogP contribution in [-0.2, 0) is 28.4 Å². The number of nitrogens with zero attached hydrogens (tertiary/aromatic N) is 2. The molecule has 1 fully saturated rings. The second-order valence-electron chi connectivity index (χ2n) is 10.6. The molecule has 1 aliphatic heterocycles. The second-order valence-corrected chi connectivity index (χ2v) is 12.0. The molecule has 2 atom stereocenters. The fraction of sp³-hybridized carbons (Fsp3) is 0.517. The van der Waals surface area contributed by atoms with E-state index in [1.807, 2.05) is 13.0 Å². The van der Waals surface area contributed by atoms with E-state index >= 15 is 0 Å². The van der Waals surface area contributed by atoms with Gasteiger partial charge in [-0.15, -0.1) is 11.8 Å². The molecule has 1 saturated carbocycles. The number of hydrogen-bond donors (Lipinski definition) is 0. The number of fused-ring (bicyclic) bond motifs is 1. The first-order valence-corrected chi connectivity index (χ1v) is 14.5. The van der Waals surface area contributed by atoms with Crippen LogP contribution in [0, 0.1) is 5.92 Å². The van der Waals surface area contributed by atoms with Crippen molar-refractivity contribution in [1.82, 2.24) is 4.90 Å². The van der Waals surface area contributed by atoms with Gasteiger partial charge in [-0.1, -0.05) is 6.92 Å². The van der Waals surface area contributed by atoms with Crippen LogP contribution in [0.4, 0.5) is 41.6 Å². The molecule has 0 spiro atoms. The Bertz CT molecular complexity index is 1280. The Kier molecular flexibility index (Phi) is 9.29. The minimum atomic E-state index is -5.04. The molecule has 6 nitrogen and oxygen atoms in total. The van der Waals surface area contributed by atoms with E-state index in [0.29, 0.717) is 23.4 Å². The molecule has 2 amide bonds. The van der Waals surface area contributed by atoms with Crippen molar-refractivity contribution in [2.45, 2.75) is 82.0 Å². The number of alkyl halides is 6. The van der Waals surface area contributed by atoms with Gasteiger partial charge in [0.2, 0.25) is 0 Å². The van der Waals surface area contributed by atoms with Crippen molar-refractivity contribution in [3.8, 4) is 0 Å². The molecule has 13 heteroatoms. The summed E-state index contributed by atoms with van der Waals surface area (Å²) in [6, 6.07) is 5.46. The third-order valence-corrected chi connectivity index (χ3v) is 8.09. The summed E-state index contributed by atoms with van der Waals surface area (Å²) in [4.78, 5) is 30.1. The maximum absolute atomic E-state index is 13.6. The lowest BCUT2D eigenvalue weighted by atomic mass is 9.87. The van der Waals surface area contributed by atoms with Gasteiger partial charge in [-0.3, -0.25) is 9.80 Å². The highest BCUT2D eigenvalue weighted by molar-refractivity contribution is 7.99. The Morgan fingerprint density at radius 3 is 2.14 bits per heavy atom. The van der Waals surface area contributed by atoms with Gasteiger partial charge in [0.25, 0.3) is 0 Å². The largest absolute Gasteiger partial charge is 0.453 e. The Morgan fingerprint density at radius 1 is 1.02 bits per heavy atom. The molecular weight excluding hydrogens is 586 g/mol. The molecule has 1 heterocycles. The first kappa shape index (κ1) is 31.8. The van der Waals surface area contributed by atoms with Gasteiger partial charge >= 0.3 is 24.5 Å². The summed E-state index contributed by atoms with van der Waals surface area (Å²) in [6.45, 7) is 4.82. The van der Waals surface area contributed by atoms with Crippen molar-refractivity contribution in [2.24, 2.45) is 5.92 Å². The van der Waals surface area contributed by atoms with Crippen LogP contribution in [-0.4, -0.2) is 42.1 Å². The van der Waals surface area contributed by atoms with Crippen LogP contribution in [0.25, 0.3) is 0 Å². The normalized spacial score (nSPS) is 19.0. The molecule has 0 saturated heterocycles. The van der Waals surface area contributed by atoms with Gasteiger partial charge in [-0.2, -0.15) is 26.3 Å². The first-order valence-electron chi connectivity index (χ1n) is 13.5. The topological polar surface area (TPSA) is 59.1 Å². The number of halogens is 6. The molecule has 0 aromatic heterocycles. The van der Waals surface area contributed by atoms with E-state index in [4.69, 9.17) is 9.47 Å². The maximum atomic E-state index is 13.6. The van der Waals surface area contributed by atoms with E-state index in [9.17, 15) is 35.9 Å². The molecule has 1 aliphatic carbocycles. The summed E-state index contributed by atoms with van der Waals surface area (Å²) in [7, 11) is 1.10. The highest BCUT2D eigenvalue weighted by atomic mass is 32.2. The van der Waals surface area contributed by atoms with Crippen LogP contribution in [0.1, 0.15) is 68.3 Å². The highest BCUT2D eigenvalue weighted by Crippen LogP contribution is 2.49. The van der Waals surface area contributed by atoms with Crippen molar-refractivity contribution in [3.05, 3.63) is 58.7 Å². The molecule has 0 bridgehead atoms. The van der Waals surface area contributed by atoms with E-state index in [2.05, 4.69) is 0 Å². The maximum Gasteiger partial charge on any atom is 0.416 e. The summed E-state index contributed by atoms with van der Waals surface area (Å²) in [5.74, 6) is 0.813. The lowest BCUT2D eigenvalue weighted by Crippen LogP contribution is -2.50. The van der Waals surface area contributed by atoms with E-state index in [1.165, 1.54) is 11.8 Å². The number of hydrogen-bond acceptors (Lipinski definition) is 5. The lowest BCUT2D eigenvalue weighted by Gasteiger charge is -2.44. The number of anilines is 1. The Balaban J connectivity index is 1.85. The van der Waals surface area contributed by atoms with Crippen LogP contribution < -0.4 is 4.90 Å². The minimum absolute atomic E-state index is 0.0531. The van der Waals surface area contributed by atoms with Gasteiger partial charge in [0.05, 0.1) is 36.1 Å². The number of thioether (sulfide) groups is 1. The highest BCUT2D eigenvalue weighted by Gasteiger charge is 2.47. The Morgan fingerprint density at radius 2 is 1.64 bits per heavy atom. The zero-order valence-electron chi connectivity index (χ0n) is 23.5. The molecule has 0 radical (unpaired) electrons. The van der Waals surface area contributed by atoms with E-state index in [-0.39, 0.29) is 24.0 Å². The van der Waals surface area contributed by atoms with Gasteiger partial charge in [0.1, 0.15) is 0 Å². The van der Waals surface area contributed by atoms with Gasteiger partial charge in [-0.05, 0) is 92.3 Å². The molecule has 42 heavy (non-hydrogen) atoms. The van der Waals surface area contributed by atoms with Crippen LogP contribution >= 0.6 is 11.8 Å². The molecule has 2 aliphatic rings. The van der Waals surface area contributed by atoms with Gasteiger partial charge in [0, 0.05) is 17.5 Å². The van der Waals surface area contributed by atoms with Crippen LogP contribution in [0.3, 0.4) is 0 Å². The van der Waals surface area contributed by atoms with Crippen LogP contribution in [0.5, 0.6) is 0 Å². The smallest absolute Gasteiger partial charge is 0.416 e. The summed E-state index contributed by atoms with van der Waals surface area (Å²) in [5.41, 5.74) is -2.29. The Hall–Kier alpha value is -3.09. The number of carbonyl (C=O) groups is 2. The van der Waals surface area contributed by atoms with Crippen molar-refractivity contribution in [2.75, 3.05) is 17.8 Å². The average Bonchev–Trinajstić information content (AvgIpc) is 3.74. The van der Waals surface area contributed by atoms with Crippen molar-refractivity contribution in [1.29, 1.82) is 0 Å². The Labute approximate surface area is 244 Å². The first-order chi connectivity index (χ1) is 19.6. The lowest BCUT2D eigenvalue weighted by molar-refractivity contribution is -0.143. The number of carbonyl (C=O) groups excluding carboxylic acids is 2. The third-order valence-electron chi connectivity index (χ3n) is 7.21. The minimum Gasteiger partial charge on any atom is -0.453 e. The van der Waals surface area contributed by atoms with Gasteiger partial charge in [-0.25, -0.2) is 9.59 Å². The number of methoxy groups -OCH3 is 1. The zero-order chi connectivity index (χ0) is 31.0. The average molecular weight is 619 g/mol. The summed E-state index contributed by atoms with van der Waals surface area (Å²) in [6.07, 6.45) is -10.1. The molecule has 2 aromatic carbocycles. The van der Waals surface area contributed by atoms with Crippen molar-refractivity contribution >= 4 is 29.6 Å². The van der Waals surface area contributed by atoms with Crippen molar-refractivity contribution < 1.29 is 45.4 Å². The van der Waals surface area contributed by atoms with Crippen LogP contribution in [0.15, 0.2) is 41.3 Å². The third kappa shape index (κ3) is 7.09. The summed E-state index contributed by atoms with van der Waals surface area (Å²) < 4.78 is 92.1. The number of benzene rings is 2. The van der Waals surface area contributed by atoms with E-state index < -0.39 is 60.4 Å². The SMILES string of the molecule is CCSc1ccc2c(c1)[C@H](N(Cc1cc(C(F)(F)F)cc(C(F)(F)F)c1)C(=O)OC)C[C@H](C1CC1)N2C(=O)OC(C)C. The molecule has 4 rings (SSSR count). The summed E-state index contributed by atoms with van der Waals surface area (Å²) >= 11 is 1.51. The molecular formula is C29H32F6N2O4S. The van der Waals surface area contributed by atoms with Gasteiger partial charge < -0.3 is 9.47 Å². The molecule has 2 aromatic rings. The zero-order valence-corrected chi connectivity index (χ0v) is 24.3. The molecule has 230 valence electrons. The monoisotopic (exact) mass is 618 g/mol. The van der Waals surface area contributed by atoms with Crippen molar-refractivity contribution in [3.63, 3.8) is 0 Å². The second kappa shape index (κ2) is 12.3. The molecule has 0 unspecified atom stereocenters. The fourth-order valence-electron chi connectivity index (χ4n) is 5.31.